The van der Waals surface area contributed by atoms with Gasteiger partial charge >= 0.3 is 0 Å². The van der Waals surface area contributed by atoms with Crippen molar-refractivity contribution >= 4 is 5.78 Å². The Morgan fingerprint density at radius 3 is 2.72 bits per heavy atom. The maximum atomic E-state index is 12.4. The lowest BCUT2D eigenvalue weighted by atomic mass is 9.63. The van der Waals surface area contributed by atoms with Crippen LogP contribution in [0.15, 0.2) is 30.3 Å². The van der Waals surface area contributed by atoms with E-state index >= 15 is 0 Å². The molecule has 0 saturated heterocycles. The molecule has 1 unspecified atom stereocenters. The van der Waals surface area contributed by atoms with Gasteiger partial charge in [0, 0.05) is 11.8 Å². The fourth-order valence-corrected chi connectivity index (χ4v) is 3.73. The van der Waals surface area contributed by atoms with Crippen molar-refractivity contribution in [2.24, 2.45) is 17.3 Å². The van der Waals surface area contributed by atoms with E-state index in [9.17, 15) is 4.79 Å². The number of rotatable bonds is 4. The largest absolute Gasteiger partial charge is 0.299 e. The molecule has 1 aromatic carbocycles. The summed E-state index contributed by atoms with van der Waals surface area (Å²) in [6.07, 6.45) is 4.30. The van der Waals surface area contributed by atoms with Crippen LogP contribution >= 0.6 is 0 Å². The Kier molecular flexibility index (Phi) is 2.70. The minimum Gasteiger partial charge on any atom is -0.299 e. The van der Waals surface area contributed by atoms with Gasteiger partial charge in [0.05, 0.1) is 12.0 Å². The normalized spacial score (nSPS) is 32.6. The van der Waals surface area contributed by atoms with Gasteiger partial charge < -0.3 is 0 Å². The number of carbonyl (C=O) groups excluding carboxylic acids is 1. The molecule has 4 rings (SSSR count). The van der Waals surface area contributed by atoms with Gasteiger partial charge in [0.2, 0.25) is 0 Å². The second kappa shape index (κ2) is 4.24. The number of aryl methyl sites for hydroxylation is 1. The average molecular weight is 239 g/mol. The first-order valence-corrected chi connectivity index (χ1v) is 6.71. The predicted molar refractivity (Wildman–Crippen MR) is 68.6 cm³/mol. The first kappa shape index (κ1) is 11.5. The van der Waals surface area contributed by atoms with Gasteiger partial charge in [-0.05, 0) is 37.2 Å². The lowest BCUT2D eigenvalue weighted by Gasteiger charge is -2.38. The van der Waals surface area contributed by atoms with Crippen LogP contribution in [0.5, 0.6) is 0 Å². The fourth-order valence-electron chi connectivity index (χ4n) is 3.73. The van der Waals surface area contributed by atoms with Crippen LogP contribution in [0.3, 0.4) is 0 Å². The number of nitriles is 1. The smallest absolute Gasteiger partial charge is 0.140 e. The van der Waals surface area contributed by atoms with Gasteiger partial charge in [-0.15, -0.1) is 0 Å². The maximum Gasteiger partial charge on any atom is 0.140 e. The second-order valence-electron chi connectivity index (χ2n) is 5.76. The highest BCUT2D eigenvalue weighted by Gasteiger charge is 2.61. The third-order valence-corrected chi connectivity index (χ3v) is 4.74. The molecule has 3 fully saturated rings. The highest BCUT2D eigenvalue weighted by molar-refractivity contribution is 5.87. The number of benzene rings is 1. The van der Waals surface area contributed by atoms with Crippen LogP contribution in [0.1, 0.15) is 31.2 Å². The molecule has 2 bridgehead atoms. The van der Waals surface area contributed by atoms with E-state index in [4.69, 9.17) is 5.26 Å². The monoisotopic (exact) mass is 239 g/mol. The summed E-state index contributed by atoms with van der Waals surface area (Å²) >= 11 is 0. The molecule has 0 amide bonds. The van der Waals surface area contributed by atoms with Gasteiger partial charge in [0.15, 0.2) is 0 Å². The first-order chi connectivity index (χ1) is 8.74. The quantitative estimate of drug-likeness (QED) is 0.810. The predicted octanol–water partition coefficient (Wildman–Crippen LogP) is 3.13. The number of nitrogens with zero attached hydrogens (tertiary/aromatic N) is 1. The molecule has 1 aromatic rings. The number of Topliss-reactive ketones (excluding diaryl/α,β-unsaturated/α-hetero) is 1. The van der Waals surface area contributed by atoms with E-state index in [0.717, 1.165) is 25.7 Å². The summed E-state index contributed by atoms with van der Waals surface area (Å²) in [6, 6.07) is 12.5. The van der Waals surface area contributed by atoms with Crippen molar-refractivity contribution in [2.75, 3.05) is 0 Å². The Morgan fingerprint density at radius 2 is 2.06 bits per heavy atom. The van der Waals surface area contributed by atoms with E-state index in [-0.39, 0.29) is 11.3 Å². The lowest BCUT2D eigenvalue weighted by Crippen LogP contribution is -2.40. The van der Waals surface area contributed by atoms with Crippen LogP contribution in [0.2, 0.25) is 0 Å². The Labute approximate surface area is 108 Å². The van der Waals surface area contributed by atoms with Gasteiger partial charge in [0.1, 0.15) is 5.78 Å². The molecule has 0 radical (unpaired) electrons. The Hall–Kier alpha value is -1.62. The molecule has 0 aliphatic heterocycles. The van der Waals surface area contributed by atoms with E-state index in [2.05, 4.69) is 18.2 Å². The van der Waals surface area contributed by atoms with Gasteiger partial charge in [-0.2, -0.15) is 5.26 Å². The van der Waals surface area contributed by atoms with Crippen molar-refractivity contribution in [3.05, 3.63) is 35.9 Å². The minimum absolute atomic E-state index is 0.00854. The van der Waals surface area contributed by atoms with Gasteiger partial charge in [-0.1, -0.05) is 30.3 Å². The summed E-state index contributed by atoms with van der Waals surface area (Å²) in [5.41, 5.74) is 0.957. The number of ketones is 1. The summed E-state index contributed by atoms with van der Waals surface area (Å²) in [7, 11) is 0. The van der Waals surface area contributed by atoms with E-state index in [1.807, 2.05) is 18.2 Å². The SMILES string of the molecule is N#CC1CC2CC1(C(=O)CCc1ccccc1)C2. The van der Waals surface area contributed by atoms with Crippen molar-refractivity contribution < 1.29 is 4.79 Å². The standard InChI is InChI=1S/C16H17NO/c17-11-14-8-13-9-16(14,10-13)15(18)7-6-12-4-2-1-3-5-12/h1-5,13-14H,6-10H2. The van der Waals surface area contributed by atoms with Crippen LogP contribution in [0, 0.1) is 28.6 Å². The molecule has 0 heterocycles. The van der Waals surface area contributed by atoms with Crippen LogP contribution in [0.4, 0.5) is 0 Å². The molecular weight excluding hydrogens is 222 g/mol. The van der Waals surface area contributed by atoms with E-state index in [1.54, 1.807) is 0 Å². The summed E-state index contributed by atoms with van der Waals surface area (Å²) in [6.45, 7) is 0. The zero-order valence-electron chi connectivity index (χ0n) is 10.4. The number of fused-ring (bicyclic) bond motifs is 1. The summed E-state index contributed by atoms with van der Waals surface area (Å²) in [5.74, 6) is 0.966. The van der Waals surface area contributed by atoms with Crippen molar-refractivity contribution in [2.45, 2.75) is 32.1 Å². The van der Waals surface area contributed by atoms with Gasteiger partial charge in [-0.25, -0.2) is 0 Å². The molecule has 0 aromatic heterocycles. The van der Waals surface area contributed by atoms with Crippen LogP contribution in [-0.4, -0.2) is 5.78 Å². The van der Waals surface area contributed by atoms with E-state index in [0.29, 0.717) is 18.1 Å². The van der Waals surface area contributed by atoms with Crippen molar-refractivity contribution in [1.29, 1.82) is 5.26 Å². The topological polar surface area (TPSA) is 40.9 Å². The number of carbonyl (C=O) groups is 1. The molecule has 0 spiro atoms. The maximum absolute atomic E-state index is 12.4. The number of hydrogen-bond donors (Lipinski definition) is 0. The molecule has 3 aliphatic carbocycles. The van der Waals surface area contributed by atoms with E-state index in [1.165, 1.54) is 5.56 Å². The molecule has 3 aliphatic rings. The van der Waals surface area contributed by atoms with Crippen LogP contribution in [-0.2, 0) is 11.2 Å². The van der Waals surface area contributed by atoms with Crippen molar-refractivity contribution in [3.8, 4) is 6.07 Å². The highest BCUT2D eigenvalue weighted by Crippen LogP contribution is 2.62. The minimum atomic E-state index is -0.256. The van der Waals surface area contributed by atoms with E-state index < -0.39 is 0 Å². The zero-order valence-corrected chi connectivity index (χ0v) is 10.4. The van der Waals surface area contributed by atoms with Crippen LogP contribution < -0.4 is 0 Å². The third kappa shape index (κ3) is 1.66. The van der Waals surface area contributed by atoms with Crippen molar-refractivity contribution in [3.63, 3.8) is 0 Å². The Balaban J connectivity index is 1.65. The third-order valence-electron chi connectivity index (χ3n) is 4.74. The average Bonchev–Trinajstić information content (AvgIpc) is 2.92. The Morgan fingerprint density at radius 1 is 1.33 bits per heavy atom. The molecule has 18 heavy (non-hydrogen) atoms. The molecule has 0 N–H and O–H groups in total. The van der Waals surface area contributed by atoms with Gasteiger partial charge in [0.25, 0.3) is 0 Å². The first-order valence-electron chi connectivity index (χ1n) is 6.71. The lowest BCUT2D eigenvalue weighted by molar-refractivity contribution is -0.133. The van der Waals surface area contributed by atoms with Crippen LogP contribution in [0.25, 0.3) is 0 Å². The molecule has 1 atom stereocenters. The molecular formula is C16H17NO. The number of hydrogen-bond acceptors (Lipinski definition) is 2. The van der Waals surface area contributed by atoms with Gasteiger partial charge in [-0.3, -0.25) is 4.79 Å². The second-order valence-corrected chi connectivity index (χ2v) is 5.76. The highest BCUT2D eigenvalue weighted by atomic mass is 16.1. The summed E-state index contributed by atoms with van der Waals surface area (Å²) < 4.78 is 0. The summed E-state index contributed by atoms with van der Waals surface area (Å²) in [5, 5.41) is 9.16. The summed E-state index contributed by atoms with van der Waals surface area (Å²) in [4.78, 5) is 12.4. The molecule has 2 nitrogen and oxygen atoms in total. The Bertz CT molecular complexity index is 494. The molecule has 3 saturated carbocycles. The zero-order chi connectivity index (χ0) is 12.6. The van der Waals surface area contributed by atoms with Crippen molar-refractivity contribution in [1.82, 2.24) is 0 Å². The molecule has 92 valence electrons. The fraction of sp³-hybridized carbons (Fsp3) is 0.500. The molecule has 2 heteroatoms.